The molecule has 6 N–H and O–H groups in total. The van der Waals surface area contributed by atoms with Gasteiger partial charge in [-0.1, -0.05) is 0 Å². The summed E-state index contributed by atoms with van der Waals surface area (Å²) in [6, 6.07) is 0. The smallest absolute Gasteiger partial charge is 0.354 e. The Kier molecular flexibility index (Phi) is 4.50. The van der Waals surface area contributed by atoms with E-state index in [0.717, 1.165) is 0 Å². The van der Waals surface area contributed by atoms with E-state index in [9.17, 15) is 9.90 Å². The number of hydrogen-bond acceptors (Lipinski definition) is 6. The first-order valence-electron chi connectivity index (χ1n) is 3.19. The van der Waals surface area contributed by atoms with Gasteiger partial charge in [-0.2, -0.15) is 11.8 Å². The van der Waals surface area contributed by atoms with Crippen LogP contribution >= 0.6 is 11.8 Å². The minimum Gasteiger partial charge on any atom is -0.478 e. The predicted molar refractivity (Wildman–Crippen MR) is 45.8 cm³/mol. The molecule has 0 saturated carbocycles. The Morgan fingerprint density at radius 1 is 1.67 bits per heavy atom. The highest BCUT2D eigenvalue weighted by molar-refractivity contribution is 7.98. The van der Waals surface area contributed by atoms with Crippen molar-refractivity contribution in [3.63, 3.8) is 0 Å². The summed E-state index contributed by atoms with van der Waals surface area (Å²) in [6.45, 7) is 0. The molecule has 0 bridgehead atoms. The number of carbonyl (C=O) groups is 1. The summed E-state index contributed by atoms with van der Waals surface area (Å²) >= 11 is 1.40. The Bertz CT molecular complexity index is 166. The number of thioether (sulfide) groups is 1. The Balaban J connectivity index is 4.29. The van der Waals surface area contributed by atoms with Crippen LogP contribution in [0.25, 0.3) is 0 Å². The van der Waals surface area contributed by atoms with E-state index in [1.165, 1.54) is 11.8 Å². The van der Waals surface area contributed by atoms with Crippen molar-refractivity contribution in [2.45, 2.75) is 12.1 Å². The molecular weight excluding hydrogens is 182 g/mol. The summed E-state index contributed by atoms with van der Waals surface area (Å²) in [5.74, 6) is 8.99. The van der Waals surface area contributed by atoms with Crippen molar-refractivity contribution in [2.75, 3.05) is 12.0 Å². The number of aliphatic carboxylic acids is 1. The average Bonchev–Trinajstić information content (AvgIpc) is 1.99. The van der Waals surface area contributed by atoms with Crippen LogP contribution in [0, 0.1) is 0 Å². The number of nitrogens with zero attached hydrogens (tertiary/aromatic N) is 1. The Morgan fingerprint density at radius 3 is 2.42 bits per heavy atom. The molecular formula is C5H13N3O3S. The van der Waals surface area contributed by atoms with Gasteiger partial charge >= 0.3 is 5.97 Å². The van der Waals surface area contributed by atoms with Crippen LogP contribution in [-0.2, 0) is 4.79 Å². The normalized spacial score (nSPS) is 16.1. The van der Waals surface area contributed by atoms with E-state index in [4.69, 9.17) is 16.8 Å². The fraction of sp³-hybridized carbons (Fsp3) is 0.800. The molecule has 0 aromatic heterocycles. The molecule has 0 spiro atoms. The van der Waals surface area contributed by atoms with Gasteiger partial charge in [0, 0.05) is 6.42 Å². The summed E-state index contributed by atoms with van der Waals surface area (Å²) < 4.78 is 0. The number of hydrogen-bond donors (Lipinski definition) is 4. The van der Waals surface area contributed by atoms with Gasteiger partial charge in [0.05, 0.1) is 0 Å². The monoisotopic (exact) mass is 195 g/mol. The number of carboxylic acids is 1. The Morgan fingerprint density at radius 2 is 2.17 bits per heavy atom. The summed E-state index contributed by atoms with van der Waals surface area (Å²) in [5, 5.41) is 18.2. The molecule has 0 aromatic rings. The van der Waals surface area contributed by atoms with Gasteiger partial charge in [-0.05, 0) is 12.0 Å². The number of rotatable bonds is 5. The van der Waals surface area contributed by atoms with E-state index >= 15 is 0 Å². The van der Waals surface area contributed by atoms with E-state index in [0.29, 0.717) is 10.9 Å². The largest absolute Gasteiger partial charge is 0.478 e. The maximum Gasteiger partial charge on any atom is 0.354 e. The van der Waals surface area contributed by atoms with E-state index in [2.05, 4.69) is 0 Å². The zero-order chi connectivity index (χ0) is 9.78. The van der Waals surface area contributed by atoms with Crippen LogP contribution in [0.1, 0.15) is 6.42 Å². The standard InChI is InChI=1S/C5H13N3O3S/c1-12-3-2-5(11,4(9)10)8(6)7/h11H,2-3,6-7H2,1H3,(H,9,10). The van der Waals surface area contributed by atoms with Gasteiger partial charge in [-0.3, -0.25) is 11.7 Å². The third kappa shape index (κ3) is 2.61. The molecule has 72 valence electrons. The van der Waals surface area contributed by atoms with Crippen molar-refractivity contribution in [3.8, 4) is 0 Å². The zero-order valence-corrected chi connectivity index (χ0v) is 7.54. The van der Waals surface area contributed by atoms with Gasteiger partial charge in [0.1, 0.15) is 0 Å². The van der Waals surface area contributed by atoms with Crippen LogP contribution < -0.4 is 11.7 Å². The highest BCUT2D eigenvalue weighted by Crippen LogP contribution is 2.13. The maximum atomic E-state index is 10.5. The third-order valence-corrected chi connectivity index (χ3v) is 2.04. The molecule has 0 fully saturated rings. The average molecular weight is 195 g/mol. The van der Waals surface area contributed by atoms with Crippen LogP contribution in [0.2, 0.25) is 0 Å². The molecule has 7 heteroatoms. The lowest BCUT2D eigenvalue weighted by molar-refractivity contribution is -0.185. The molecule has 0 radical (unpaired) electrons. The van der Waals surface area contributed by atoms with Gasteiger partial charge in [0.2, 0.25) is 5.72 Å². The second-order valence-electron chi connectivity index (χ2n) is 2.27. The second-order valence-corrected chi connectivity index (χ2v) is 3.26. The highest BCUT2D eigenvalue weighted by Gasteiger charge is 2.39. The predicted octanol–water partition coefficient (Wildman–Crippen LogP) is -1.44. The number of nitrogens with two attached hydrogens (primary N) is 2. The van der Waals surface area contributed by atoms with Crippen molar-refractivity contribution < 1.29 is 15.0 Å². The summed E-state index contributed by atoms with van der Waals surface area (Å²) in [5.41, 5.74) is -2.16. The van der Waals surface area contributed by atoms with Crippen LogP contribution in [-0.4, -0.2) is 39.0 Å². The number of carboxylic acid groups (broad SMARTS) is 1. The molecule has 0 heterocycles. The van der Waals surface area contributed by atoms with E-state index in [-0.39, 0.29) is 6.42 Å². The number of hydrazine groups is 2. The second kappa shape index (κ2) is 4.63. The first kappa shape index (κ1) is 11.7. The van der Waals surface area contributed by atoms with Gasteiger partial charge in [0.25, 0.3) is 0 Å². The van der Waals surface area contributed by atoms with Crippen LogP contribution in [0.5, 0.6) is 0 Å². The fourth-order valence-electron chi connectivity index (χ4n) is 0.591. The summed E-state index contributed by atoms with van der Waals surface area (Å²) in [7, 11) is 0. The van der Waals surface area contributed by atoms with Crippen molar-refractivity contribution in [1.82, 2.24) is 5.12 Å². The summed E-state index contributed by atoms with van der Waals surface area (Å²) in [4.78, 5) is 10.5. The van der Waals surface area contributed by atoms with E-state index in [1.54, 1.807) is 6.26 Å². The third-order valence-electron chi connectivity index (χ3n) is 1.42. The molecule has 0 saturated heterocycles. The molecule has 0 aliphatic rings. The molecule has 0 rings (SSSR count). The molecule has 0 aromatic carbocycles. The number of aliphatic hydroxyl groups is 1. The minimum absolute atomic E-state index is 0.0174. The first-order chi connectivity index (χ1) is 5.45. The molecule has 12 heavy (non-hydrogen) atoms. The lowest BCUT2D eigenvalue weighted by Crippen LogP contribution is -2.62. The van der Waals surface area contributed by atoms with Gasteiger partial charge in [-0.25, -0.2) is 4.79 Å². The Labute approximate surface area is 74.5 Å². The van der Waals surface area contributed by atoms with Crippen molar-refractivity contribution in [2.24, 2.45) is 11.7 Å². The first-order valence-corrected chi connectivity index (χ1v) is 4.59. The quantitative estimate of drug-likeness (QED) is 0.241. The zero-order valence-electron chi connectivity index (χ0n) is 6.73. The van der Waals surface area contributed by atoms with Crippen molar-refractivity contribution >= 4 is 17.7 Å². The molecule has 1 unspecified atom stereocenters. The molecule has 0 aliphatic heterocycles. The van der Waals surface area contributed by atoms with Gasteiger partial charge in [-0.15, -0.1) is 5.12 Å². The lowest BCUT2D eigenvalue weighted by Gasteiger charge is -2.28. The van der Waals surface area contributed by atoms with E-state index < -0.39 is 11.7 Å². The lowest BCUT2D eigenvalue weighted by atomic mass is 10.2. The van der Waals surface area contributed by atoms with Crippen LogP contribution in [0.15, 0.2) is 0 Å². The topological polar surface area (TPSA) is 113 Å². The van der Waals surface area contributed by atoms with E-state index in [1.807, 2.05) is 0 Å². The molecule has 0 amide bonds. The van der Waals surface area contributed by atoms with Gasteiger partial charge in [0.15, 0.2) is 0 Å². The minimum atomic E-state index is -2.16. The summed E-state index contributed by atoms with van der Waals surface area (Å²) in [6.07, 6.45) is 1.77. The SMILES string of the molecule is CSCCC(O)(C(=O)O)N(N)N. The fourth-order valence-corrected chi connectivity index (χ4v) is 1.08. The van der Waals surface area contributed by atoms with Crippen LogP contribution in [0.3, 0.4) is 0 Å². The Hall–Kier alpha value is -0.340. The molecule has 1 atom stereocenters. The van der Waals surface area contributed by atoms with Crippen molar-refractivity contribution in [1.29, 1.82) is 0 Å². The molecule has 0 aliphatic carbocycles. The molecule has 6 nitrogen and oxygen atoms in total. The van der Waals surface area contributed by atoms with Crippen LogP contribution in [0.4, 0.5) is 0 Å². The highest BCUT2D eigenvalue weighted by atomic mass is 32.2. The van der Waals surface area contributed by atoms with Crippen molar-refractivity contribution in [3.05, 3.63) is 0 Å². The maximum absolute atomic E-state index is 10.5. The van der Waals surface area contributed by atoms with Gasteiger partial charge < -0.3 is 10.2 Å².